The second kappa shape index (κ2) is 14.4. The molecule has 0 spiro atoms. The molecule has 0 saturated carbocycles. The Bertz CT molecular complexity index is 1340. The van der Waals surface area contributed by atoms with Crippen LogP contribution >= 0.6 is 11.6 Å². The molecule has 0 aliphatic carbocycles. The van der Waals surface area contributed by atoms with Crippen molar-refractivity contribution in [2.75, 3.05) is 7.05 Å². The lowest BCUT2D eigenvalue weighted by atomic mass is 9.76. The van der Waals surface area contributed by atoms with E-state index in [-0.39, 0.29) is 42.0 Å². The van der Waals surface area contributed by atoms with Crippen LogP contribution in [0.5, 0.6) is 0 Å². The van der Waals surface area contributed by atoms with E-state index >= 15 is 0 Å². The lowest BCUT2D eigenvalue weighted by molar-refractivity contribution is -0.296. The highest BCUT2D eigenvalue weighted by molar-refractivity contribution is 6.30. The first-order valence-corrected chi connectivity index (χ1v) is 18.4. The van der Waals surface area contributed by atoms with Gasteiger partial charge in [-0.2, -0.15) is 0 Å². The molecule has 4 aliphatic rings. The molecule has 14 atom stereocenters. The van der Waals surface area contributed by atoms with Gasteiger partial charge >= 0.3 is 5.97 Å². The lowest BCUT2D eigenvalue weighted by Gasteiger charge is -2.46. The SMILES string of the molecule is CC[C@H]1OC(C)(C)O[C@@]1(C)[C@@H]1OC(=O)[C@H](C)C(=O)[C@H](C)[C@@H](O[C@@H]2OC(C)CC(N(C)Cc3ccc(Cl)cc3)C2O)C2(C)CC(C)C(O2)[C@@H]1C. The van der Waals surface area contributed by atoms with Crippen LogP contribution in [0.3, 0.4) is 0 Å². The summed E-state index contributed by atoms with van der Waals surface area (Å²) in [5.74, 6) is -3.93. The topological polar surface area (TPSA) is 113 Å². The first-order chi connectivity index (χ1) is 22.8. The fourth-order valence-corrected chi connectivity index (χ4v) is 9.29. The number of hydrogen-bond acceptors (Lipinski definition) is 10. The number of nitrogens with zero attached hydrogens (tertiary/aromatic N) is 1. The van der Waals surface area contributed by atoms with E-state index in [9.17, 15) is 14.7 Å². The molecule has 4 saturated heterocycles. The van der Waals surface area contributed by atoms with Crippen molar-refractivity contribution in [1.29, 1.82) is 0 Å². The summed E-state index contributed by atoms with van der Waals surface area (Å²) in [7, 11) is 1.97. The summed E-state index contributed by atoms with van der Waals surface area (Å²) in [5, 5.41) is 12.4. The Hall–Kier alpha value is -1.63. The van der Waals surface area contributed by atoms with Crippen LogP contribution in [0, 0.1) is 23.7 Å². The average Bonchev–Trinajstić information content (AvgIpc) is 3.48. The molecule has 4 aliphatic heterocycles. The summed E-state index contributed by atoms with van der Waals surface area (Å²) < 4.78 is 39.2. The zero-order valence-electron chi connectivity index (χ0n) is 31.1. The number of ether oxygens (including phenoxy) is 6. The molecule has 5 rings (SSSR count). The standard InChI is InChI=1S/C38H58ClNO9/c1-12-28-38(10,49-36(7,8)47-28)33-24(6)31-20(2)18-37(9,48-31)32(22(4)29(41)23(5)34(43)45-33)46-35-30(42)27(17-21(3)44-35)40(11)19-25-13-15-26(39)16-14-25/h13-16,20-24,27-28,30-33,35,42H,12,17-19H2,1-11H3/t20?,21?,22-,23+,24-,27?,28+,30?,31?,32+,33+,35-,37?,38+/m0/s1. The van der Waals surface area contributed by atoms with Gasteiger partial charge in [-0.1, -0.05) is 51.4 Å². The zero-order chi connectivity index (χ0) is 36.2. The molecule has 49 heavy (non-hydrogen) atoms. The van der Waals surface area contributed by atoms with E-state index in [2.05, 4.69) is 11.8 Å². The Morgan fingerprint density at radius 1 is 1.02 bits per heavy atom. The number of rotatable bonds is 7. The van der Waals surface area contributed by atoms with Gasteiger partial charge in [-0.3, -0.25) is 14.5 Å². The largest absolute Gasteiger partial charge is 0.458 e. The number of cyclic esters (lactones) is 1. The summed E-state index contributed by atoms with van der Waals surface area (Å²) in [6.45, 7) is 19.7. The fraction of sp³-hybridized carbons (Fsp3) is 0.789. The predicted molar refractivity (Wildman–Crippen MR) is 185 cm³/mol. The third-order valence-corrected chi connectivity index (χ3v) is 11.7. The molecular weight excluding hydrogens is 650 g/mol. The number of benzene rings is 1. The quantitative estimate of drug-likeness (QED) is 0.270. The summed E-state index contributed by atoms with van der Waals surface area (Å²) in [6, 6.07) is 7.38. The number of halogens is 1. The summed E-state index contributed by atoms with van der Waals surface area (Å²) in [6.07, 6.45) is -2.66. The van der Waals surface area contributed by atoms with E-state index in [0.29, 0.717) is 30.8 Å². The molecule has 4 heterocycles. The van der Waals surface area contributed by atoms with Gasteiger partial charge in [0.15, 0.2) is 17.9 Å². The van der Waals surface area contributed by atoms with Crippen molar-refractivity contribution in [2.45, 2.75) is 161 Å². The van der Waals surface area contributed by atoms with Gasteiger partial charge in [0.2, 0.25) is 0 Å². The highest BCUT2D eigenvalue weighted by atomic mass is 35.5. The molecule has 276 valence electrons. The monoisotopic (exact) mass is 707 g/mol. The molecule has 10 nitrogen and oxygen atoms in total. The number of likely N-dealkylation sites (N-methyl/N-ethyl adjacent to an activating group) is 1. The maximum Gasteiger partial charge on any atom is 0.316 e. The number of carbonyl (C=O) groups is 2. The second-order valence-electron chi connectivity index (χ2n) is 16.1. The first kappa shape index (κ1) is 38.6. The van der Waals surface area contributed by atoms with E-state index in [1.807, 2.05) is 79.8 Å². The summed E-state index contributed by atoms with van der Waals surface area (Å²) >= 11 is 6.10. The highest BCUT2D eigenvalue weighted by Crippen LogP contribution is 2.50. The van der Waals surface area contributed by atoms with Crippen molar-refractivity contribution in [3.05, 3.63) is 34.9 Å². The number of hydrogen-bond donors (Lipinski definition) is 1. The van der Waals surface area contributed by atoms with Crippen LogP contribution in [0.15, 0.2) is 24.3 Å². The van der Waals surface area contributed by atoms with Gasteiger partial charge in [-0.05, 0) is 91.5 Å². The van der Waals surface area contributed by atoms with Crippen molar-refractivity contribution in [2.24, 2.45) is 23.7 Å². The Labute approximate surface area is 297 Å². The Morgan fingerprint density at radius 2 is 1.67 bits per heavy atom. The van der Waals surface area contributed by atoms with Crippen LogP contribution in [0.4, 0.5) is 0 Å². The van der Waals surface area contributed by atoms with Crippen molar-refractivity contribution in [1.82, 2.24) is 4.90 Å². The second-order valence-corrected chi connectivity index (χ2v) is 16.5. The van der Waals surface area contributed by atoms with Crippen molar-refractivity contribution < 1.29 is 43.1 Å². The van der Waals surface area contributed by atoms with Crippen LogP contribution in [0.25, 0.3) is 0 Å². The molecule has 6 unspecified atom stereocenters. The number of Topliss-reactive ketones (excluding diaryl/α,β-unsaturated/α-hetero) is 1. The molecular formula is C38H58ClNO9. The Balaban J connectivity index is 1.45. The number of esters is 1. The van der Waals surface area contributed by atoms with Gasteiger partial charge in [0, 0.05) is 29.4 Å². The van der Waals surface area contributed by atoms with Crippen LogP contribution in [0.2, 0.25) is 5.02 Å². The van der Waals surface area contributed by atoms with E-state index in [1.165, 1.54) is 0 Å². The summed E-state index contributed by atoms with van der Waals surface area (Å²) in [4.78, 5) is 30.1. The molecule has 11 heteroatoms. The van der Waals surface area contributed by atoms with Gasteiger partial charge in [-0.15, -0.1) is 0 Å². The smallest absolute Gasteiger partial charge is 0.316 e. The predicted octanol–water partition coefficient (Wildman–Crippen LogP) is 5.93. The van der Waals surface area contributed by atoms with Gasteiger partial charge in [0.25, 0.3) is 0 Å². The number of ketones is 1. The maximum atomic E-state index is 14.2. The molecule has 4 fully saturated rings. The van der Waals surface area contributed by atoms with Crippen molar-refractivity contribution >= 4 is 23.4 Å². The van der Waals surface area contributed by atoms with Gasteiger partial charge in [0.1, 0.15) is 23.7 Å². The van der Waals surface area contributed by atoms with Crippen molar-refractivity contribution in [3.63, 3.8) is 0 Å². The van der Waals surface area contributed by atoms with Crippen LogP contribution < -0.4 is 0 Å². The average molecular weight is 708 g/mol. The third-order valence-electron chi connectivity index (χ3n) is 11.5. The van der Waals surface area contributed by atoms with Gasteiger partial charge in [-0.25, -0.2) is 0 Å². The zero-order valence-corrected chi connectivity index (χ0v) is 31.9. The minimum atomic E-state index is -1.07. The van der Waals surface area contributed by atoms with Gasteiger partial charge in [0.05, 0.1) is 30.0 Å². The van der Waals surface area contributed by atoms with E-state index in [4.69, 9.17) is 40.0 Å². The Kier molecular flexibility index (Phi) is 11.4. The highest BCUT2D eigenvalue weighted by Gasteiger charge is 2.61. The number of aliphatic hydroxyl groups is 1. The summed E-state index contributed by atoms with van der Waals surface area (Å²) in [5.41, 5.74) is -0.843. The molecule has 1 aromatic rings. The van der Waals surface area contributed by atoms with E-state index in [0.717, 1.165) is 5.56 Å². The molecule has 2 bridgehead atoms. The Morgan fingerprint density at radius 3 is 2.31 bits per heavy atom. The molecule has 0 radical (unpaired) electrons. The number of carbonyl (C=O) groups excluding carboxylic acids is 2. The van der Waals surface area contributed by atoms with E-state index in [1.54, 1.807) is 13.8 Å². The number of aliphatic hydroxyl groups excluding tert-OH is 1. The first-order valence-electron chi connectivity index (χ1n) is 18.0. The molecule has 1 aromatic carbocycles. The minimum Gasteiger partial charge on any atom is -0.458 e. The normalized spacial score (nSPS) is 44.5. The number of fused-ring (bicyclic) bond motifs is 2. The molecule has 0 aromatic heterocycles. The van der Waals surface area contributed by atoms with Crippen LogP contribution in [0.1, 0.15) is 94.1 Å². The fourth-order valence-electron chi connectivity index (χ4n) is 9.16. The van der Waals surface area contributed by atoms with Crippen molar-refractivity contribution in [3.8, 4) is 0 Å². The lowest BCUT2D eigenvalue weighted by Crippen LogP contribution is -2.58. The van der Waals surface area contributed by atoms with E-state index < -0.39 is 59.4 Å². The third kappa shape index (κ3) is 7.63. The molecule has 0 amide bonds. The van der Waals surface area contributed by atoms with Crippen LogP contribution in [-0.4, -0.2) is 94.8 Å². The molecule has 1 N–H and O–H groups in total. The van der Waals surface area contributed by atoms with Crippen LogP contribution in [-0.2, 0) is 44.6 Å². The van der Waals surface area contributed by atoms with Gasteiger partial charge < -0.3 is 33.5 Å². The minimum absolute atomic E-state index is 0.0276. The maximum absolute atomic E-state index is 14.2.